The van der Waals surface area contributed by atoms with Crippen molar-refractivity contribution in [2.45, 2.75) is 40.0 Å². The van der Waals surface area contributed by atoms with Crippen molar-refractivity contribution in [3.63, 3.8) is 0 Å². The summed E-state index contributed by atoms with van der Waals surface area (Å²) in [5.74, 6) is 1.41. The van der Waals surface area contributed by atoms with Gasteiger partial charge < -0.3 is 9.80 Å². The molecule has 0 aliphatic carbocycles. The molecule has 2 rings (SSSR count). The van der Waals surface area contributed by atoms with Gasteiger partial charge >= 0.3 is 0 Å². The van der Waals surface area contributed by atoms with Gasteiger partial charge in [-0.25, -0.2) is 0 Å². The summed E-state index contributed by atoms with van der Waals surface area (Å²) in [6.45, 7) is 9.30. The third-order valence-electron chi connectivity index (χ3n) is 3.72. The van der Waals surface area contributed by atoms with Gasteiger partial charge in [-0.1, -0.05) is 26.3 Å². The second-order valence-corrected chi connectivity index (χ2v) is 5.87. The van der Waals surface area contributed by atoms with E-state index in [9.17, 15) is 0 Å². The first-order valence-corrected chi connectivity index (χ1v) is 6.39. The lowest BCUT2D eigenvalue weighted by atomic mass is 9.89. The van der Waals surface area contributed by atoms with Gasteiger partial charge in [-0.3, -0.25) is 0 Å². The highest BCUT2D eigenvalue weighted by molar-refractivity contribution is 5.20. The van der Waals surface area contributed by atoms with Crippen LogP contribution in [0.1, 0.15) is 40.0 Å². The van der Waals surface area contributed by atoms with E-state index < -0.39 is 0 Å². The van der Waals surface area contributed by atoms with Crippen LogP contribution in [0, 0.1) is 5.41 Å². The van der Waals surface area contributed by atoms with E-state index in [1.165, 1.54) is 18.7 Å². The predicted molar refractivity (Wildman–Crippen MR) is 68.8 cm³/mol. The molecular formula is C14H24N2. The summed E-state index contributed by atoms with van der Waals surface area (Å²) in [6, 6.07) is 0. The number of hydrogen-bond donors (Lipinski definition) is 0. The Hall–Kier alpha value is -0.920. The minimum Gasteiger partial charge on any atom is -0.361 e. The Kier molecular flexibility index (Phi) is 3.00. The summed E-state index contributed by atoms with van der Waals surface area (Å²) in [5, 5.41) is 0. The normalized spacial score (nSPS) is 24.5. The highest BCUT2D eigenvalue weighted by Crippen LogP contribution is 2.32. The molecule has 0 atom stereocenters. The van der Waals surface area contributed by atoms with Crippen LogP contribution in [0.3, 0.4) is 0 Å². The minimum absolute atomic E-state index is 0.424. The van der Waals surface area contributed by atoms with Gasteiger partial charge in [0, 0.05) is 26.3 Å². The lowest BCUT2D eigenvalue weighted by Gasteiger charge is -2.32. The Morgan fingerprint density at radius 1 is 1.38 bits per heavy atom. The average molecular weight is 220 g/mol. The first kappa shape index (κ1) is 11.6. The zero-order valence-corrected chi connectivity index (χ0v) is 11.1. The standard InChI is InChI=1S/C14H24N2/c1-5-12-6-7-13-15(4)11-14(2,3)8-9-16(13)10-12/h7,10H,5-6,8-9,11H2,1-4H3. The van der Waals surface area contributed by atoms with Crippen molar-refractivity contribution >= 4 is 0 Å². The van der Waals surface area contributed by atoms with Gasteiger partial charge in [0.2, 0.25) is 0 Å². The third kappa shape index (κ3) is 2.26. The molecule has 0 radical (unpaired) electrons. The summed E-state index contributed by atoms with van der Waals surface area (Å²) in [7, 11) is 2.22. The summed E-state index contributed by atoms with van der Waals surface area (Å²) in [6.07, 6.45) is 8.33. The van der Waals surface area contributed by atoms with Crippen molar-refractivity contribution in [2.24, 2.45) is 5.41 Å². The molecule has 2 nitrogen and oxygen atoms in total. The monoisotopic (exact) mass is 220 g/mol. The van der Waals surface area contributed by atoms with Crippen LogP contribution in [-0.2, 0) is 0 Å². The highest BCUT2D eigenvalue weighted by Gasteiger charge is 2.28. The van der Waals surface area contributed by atoms with Crippen LogP contribution in [0.25, 0.3) is 0 Å². The van der Waals surface area contributed by atoms with Gasteiger partial charge in [-0.05, 0) is 30.8 Å². The van der Waals surface area contributed by atoms with Crippen LogP contribution >= 0.6 is 0 Å². The number of allylic oxidation sites excluding steroid dienone is 2. The lowest BCUT2D eigenvalue weighted by molar-refractivity contribution is 0.249. The molecular weight excluding hydrogens is 196 g/mol. The Bertz CT molecular complexity index is 326. The van der Waals surface area contributed by atoms with Crippen LogP contribution in [0.15, 0.2) is 23.7 Å². The molecule has 0 saturated carbocycles. The largest absolute Gasteiger partial charge is 0.361 e. The summed E-state index contributed by atoms with van der Waals surface area (Å²) in [4.78, 5) is 4.85. The van der Waals surface area contributed by atoms with Gasteiger partial charge in [0.05, 0.1) is 0 Å². The Labute approximate surface area is 99.6 Å². The Morgan fingerprint density at radius 2 is 2.12 bits per heavy atom. The molecule has 0 unspecified atom stereocenters. The van der Waals surface area contributed by atoms with Crippen molar-refractivity contribution in [2.75, 3.05) is 20.1 Å². The van der Waals surface area contributed by atoms with Gasteiger partial charge in [0.1, 0.15) is 5.82 Å². The zero-order valence-electron chi connectivity index (χ0n) is 11.1. The van der Waals surface area contributed by atoms with Crippen LogP contribution in [0.2, 0.25) is 0 Å². The molecule has 0 aromatic heterocycles. The molecule has 0 bridgehead atoms. The first-order valence-electron chi connectivity index (χ1n) is 6.39. The SMILES string of the molecule is CCC1=CN2CCC(C)(C)CN(C)C2=CC1. The van der Waals surface area contributed by atoms with Crippen LogP contribution in [0.5, 0.6) is 0 Å². The lowest BCUT2D eigenvalue weighted by Crippen LogP contribution is -2.32. The van der Waals surface area contributed by atoms with Crippen LogP contribution in [-0.4, -0.2) is 29.9 Å². The number of nitrogens with zero attached hydrogens (tertiary/aromatic N) is 2. The van der Waals surface area contributed by atoms with Gasteiger partial charge in [-0.2, -0.15) is 0 Å². The van der Waals surface area contributed by atoms with E-state index in [0.29, 0.717) is 5.41 Å². The van der Waals surface area contributed by atoms with Crippen molar-refractivity contribution < 1.29 is 0 Å². The maximum absolute atomic E-state index is 2.44. The van der Waals surface area contributed by atoms with E-state index in [-0.39, 0.29) is 0 Å². The van der Waals surface area contributed by atoms with Crippen LogP contribution in [0.4, 0.5) is 0 Å². The van der Waals surface area contributed by atoms with E-state index in [0.717, 1.165) is 19.5 Å². The van der Waals surface area contributed by atoms with E-state index >= 15 is 0 Å². The van der Waals surface area contributed by atoms with E-state index in [2.05, 4.69) is 49.9 Å². The fourth-order valence-corrected chi connectivity index (χ4v) is 2.69. The maximum atomic E-state index is 2.44. The van der Waals surface area contributed by atoms with Gasteiger partial charge in [0.25, 0.3) is 0 Å². The molecule has 2 aliphatic rings. The molecule has 0 aromatic rings. The molecule has 0 spiro atoms. The van der Waals surface area contributed by atoms with E-state index in [1.807, 2.05) is 0 Å². The number of fused-ring (bicyclic) bond motifs is 1. The Morgan fingerprint density at radius 3 is 2.81 bits per heavy atom. The molecule has 2 heteroatoms. The highest BCUT2D eigenvalue weighted by atomic mass is 15.3. The van der Waals surface area contributed by atoms with Crippen molar-refractivity contribution in [1.29, 1.82) is 0 Å². The second kappa shape index (κ2) is 4.15. The molecule has 1 fully saturated rings. The summed E-state index contributed by atoms with van der Waals surface area (Å²) >= 11 is 0. The first-order chi connectivity index (χ1) is 7.52. The van der Waals surface area contributed by atoms with Gasteiger partial charge in [0.15, 0.2) is 0 Å². The topological polar surface area (TPSA) is 6.48 Å². The molecule has 2 aliphatic heterocycles. The van der Waals surface area contributed by atoms with Crippen molar-refractivity contribution in [3.05, 3.63) is 23.7 Å². The smallest absolute Gasteiger partial charge is 0.104 e. The molecule has 0 amide bonds. The zero-order chi connectivity index (χ0) is 11.8. The summed E-state index contributed by atoms with van der Waals surface area (Å²) in [5.41, 5.74) is 1.98. The third-order valence-corrected chi connectivity index (χ3v) is 3.72. The second-order valence-electron chi connectivity index (χ2n) is 5.87. The average Bonchev–Trinajstić information content (AvgIpc) is 2.35. The molecule has 0 aromatic carbocycles. The van der Waals surface area contributed by atoms with E-state index in [4.69, 9.17) is 0 Å². The van der Waals surface area contributed by atoms with Crippen molar-refractivity contribution in [3.8, 4) is 0 Å². The molecule has 0 N–H and O–H groups in total. The van der Waals surface area contributed by atoms with Crippen LogP contribution < -0.4 is 0 Å². The summed E-state index contributed by atoms with van der Waals surface area (Å²) < 4.78 is 0. The minimum atomic E-state index is 0.424. The number of rotatable bonds is 1. The fourth-order valence-electron chi connectivity index (χ4n) is 2.69. The molecule has 16 heavy (non-hydrogen) atoms. The number of hydrogen-bond acceptors (Lipinski definition) is 2. The predicted octanol–water partition coefficient (Wildman–Crippen LogP) is 3.19. The van der Waals surface area contributed by atoms with Crippen molar-refractivity contribution in [1.82, 2.24) is 9.80 Å². The maximum Gasteiger partial charge on any atom is 0.104 e. The molecule has 2 heterocycles. The fraction of sp³-hybridized carbons (Fsp3) is 0.714. The quantitative estimate of drug-likeness (QED) is 0.669. The molecule has 1 saturated heterocycles. The van der Waals surface area contributed by atoms with Gasteiger partial charge in [-0.15, -0.1) is 0 Å². The molecule has 90 valence electrons. The van der Waals surface area contributed by atoms with E-state index in [1.54, 1.807) is 5.57 Å². The Balaban J connectivity index is 2.21.